The van der Waals surface area contributed by atoms with E-state index < -0.39 is 0 Å². The standard InChI is InChI=1S/C36H32BrN3O3S/c1-2-43-31-18-22(17-30(37)34(31)41)19-32-35(42)39-36(44-32)38-25-20-28-26(23-9-5-3-6-10-23)13-15-40-16-14-27(29(21-25)33(28)40)24-11-7-4-8-12-24/h3-12,17-21,26-27,41H,2,13-16H2,1H3,(H,38,39,42)/b32-19-/t26-,27-/m0/s1. The number of amidine groups is 1. The second-order valence-corrected chi connectivity index (χ2v) is 13.1. The molecule has 0 radical (unpaired) electrons. The number of amides is 1. The summed E-state index contributed by atoms with van der Waals surface area (Å²) in [7, 11) is 0. The van der Waals surface area contributed by atoms with Gasteiger partial charge >= 0.3 is 0 Å². The molecule has 44 heavy (non-hydrogen) atoms. The van der Waals surface area contributed by atoms with E-state index in [1.165, 1.54) is 39.7 Å². The number of carbonyl (C=O) groups is 1. The molecule has 4 aromatic carbocycles. The number of hydrogen-bond acceptors (Lipinski definition) is 6. The Balaban J connectivity index is 1.29. The Morgan fingerprint density at radius 1 is 0.977 bits per heavy atom. The number of aromatic hydroxyl groups is 1. The van der Waals surface area contributed by atoms with Gasteiger partial charge in [-0.05, 0) is 106 Å². The van der Waals surface area contributed by atoms with Crippen molar-refractivity contribution in [1.29, 1.82) is 0 Å². The summed E-state index contributed by atoms with van der Waals surface area (Å²) in [6.45, 7) is 4.35. The first-order valence-electron chi connectivity index (χ1n) is 15.0. The van der Waals surface area contributed by atoms with E-state index >= 15 is 0 Å². The lowest BCUT2D eigenvalue weighted by Crippen LogP contribution is -2.37. The fraction of sp³-hybridized carbons (Fsp3) is 0.222. The molecule has 3 aliphatic rings. The van der Waals surface area contributed by atoms with Crippen LogP contribution in [0.4, 0.5) is 11.4 Å². The predicted octanol–water partition coefficient (Wildman–Crippen LogP) is 8.32. The molecule has 1 saturated heterocycles. The van der Waals surface area contributed by atoms with Crippen molar-refractivity contribution in [2.24, 2.45) is 4.99 Å². The molecule has 4 aromatic rings. The van der Waals surface area contributed by atoms with Gasteiger partial charge in [0, 0.05) is 30.6 Å². The molecule has 6 nitrogen and oxygen atoms in total. The lowest BCUT2D eigenvalue weighted by Gasteiger charge is -2.43. The minimum Gasteiger partial charge on any atom is -0.503 e. The van der Waals surface area contributed by atoms with E-state index in [4.69, 9.17) is 9.73 Å². The second kappa shape index (κ2) is 12.2. The number of phenolic OH excluding ortho intramolecular Hbond substituents is 1. The van der Waals surface area contributed by atoms with E-state index in [-0.39, 0.29) is 23.5 Å². The van der Waals surface area contributed by atoms with Crippen LogP contribution in [-0.4, -0.2) is 35.9 Å². The molecule has 0 bridgehead atoms. The van der Waals surface area contributed by atoms with Crippen LogP contribution in [-0.2, 0) is 4.79 Å². The summed E-state index contributed by atoms with van der Waals surface area (Å²) in [5.74, 6) is 0.765. The van der Waals surface area contributed by atoms with Gasteiger partial charge in [-0.15, -0.1) is 0 Å². The van der Waals surface area contributed by atoms with Crippen molar-refractivity contribution in [3.05, 3.63) is 122 Å². The Morgan fingerprint density at radius 2 is 1.59 bits per heavy atom. The topological polar surface area (TPSA) is 74.2 Å². The lowest BCUT2D eigenvalue weighted by molar-refractivity contribution is -0.115. The highest BCUT2D eigenvalue weighted by molar-refractivity contribution is 9.10. The zero-order chi connectivity index (χ0) is 30.2. The van der Waals surface area contributed by atoms with Gasteiger partial charge in [0.05, 0.1) is 21.7 Å². The Morgan fingerprint density at radius 3 is 2.18 bits per heavy atom. The zero-order valence-corrected chi connectivity index (χ0v) is 26.7. The van der Waals surface area contributed by atoms with Gasteiger partial charge in [0.1, 0.15) is 0 Å². The molecule has 222 valence electrons. The highest BCUT2D eigenvalue weighted by Crippen LogP contribution is 2.50. The summed E-state index contributed by atoms with van der Waals surface area (Å²) in [5.41, 5.74) is 8.19. The van der Waals surface area contributed by atoms with Crippen LogP contribution in [0.5, 0.6) is 11.5 Å². The molecular formula is C36H32BrN3O3S. The van der Waals surface area contributed by atoms with E-state index in [2.05, 4.69) is 98.9 Å². The first-order valence-corrected chi connectivity index (χ1v) is 16.6. The zero-order valence-electron chi connectivity index (χ0n) is 24.3. The van der Waals surface area contributed by atoms with Crippen molar-refractivity contribution >= 4 is 56.2 Å². The molecule has 0 aliphatic carbocycles. The largest absolute Gasteiger partial charge is 0.503 e. The predicted molar refractivity (Wildman–Crippen MR) is 182 cm³/mol. The van der Waals surface area contributed by atoms with Crippen molar-refractivity contribution < 1.29 is 14.6 Å². The van der Waals surface area contributed by atoms with E-state index in [1.807, 2.05) is 6.92 Å². The monoisotopic (exact) mass is 665 g/mol. The van der Waals surface area contributed by atoms with Gasteiger partial charge in [-0.2, -0.15) is 0 Å². The molecular weight excluding hydrogens is 634 g/mol. The number of thioether (sulfide) groups is 1. The molecule has 2 atom stereocenters. The number of rotatable bonds is 6. The summed E-state index contributed by atoms with van der Waals surface area (Å²) < 4.78 is 6.07. The van der Waals surface area contributed by atoms with Gasteiger partial charge in [0.15, 0.2) is 16.7 Å². The fourth-order valence-corrected chi connectivity index (χ4v) is 7.90. The average molecular weight is 667 g/mol. The van der Waals surface area contributed by atoms with Gasteiger partial charge in [-0.25, -0.2) is 4.99 Å². The number of phenols is 1. The van der Waals surface area contributed by atoms with E-state index in [0.717, 1.165) is 37.2 Å². The average Bonchev–Trinajstić information content (AvgIpc) is 3.38. The number of benzene rings is 4. The molecule has 7 rings (SSSR count). The minimum absolute atomic E-state index is 0.0392. The van der Waals surface area contributed by atoms with Crippen molar-refractivity contribution in [2.45, 2.75) is 31.6 Å². The summed E-state index contributed by atoms with van der Waals surface area (Å²) in [6.07, 6.45) is 3.90. The Labute approximate surface area is 270 Å². The third kappa shape index (κ3) is 5.53. The summed E-state index contributed by atoms with van der Waals surface area (Å²) >= 11 is 4.71. The maximum Gasteiger partial charge on any atom is 0.264 e. The number of halogens is 1. The molecule has 0 aromatic heterocycles. The van der Waals surface area contributed by atoms with E-state index in [0.29, 0.717) is 26.9 Å². The molecule has 0 saturated carbocycles. The molecule has 0 spiro atoms. The highest BCUT2D eigenvalue weighted by atomic mass is 79.9. The third-order valence-electron chi connectivity index (χ3n) is 8.53. The Bertz CT molecular complexity index is 1720. The summed E-state index contributed by atoms with van der Waals surface area (Å²) in [4.78, 5) is 21.1. The van der Waals surface area contributed by atoms with Crippen LogP contribution in [0.3, 0.4) is 0 Å². The first-order chi connectivity index (χ1) is 21.5. The minimum atomic E-state index is -0.203. The van der Waals surface area contributed by atoms with Crippen molar-refractivity contribution in [1.82, 2.24) is 5.32 Å². The van der Waals surface area contributed by atoms with Crippen molar-refractivity contribution in [2.75, 3.05) is 24.6 Å². The molecule has 3 heterocycles. The molecule has 0 unspecified atom stereocenters. The molecule has 1 fully saturated rings. The van der Waals surface area contributed by atoms with Gasteiger partial charge < -0.3 is 20.1 Å². The molecule has 8 heteroatoms. The summed E-state index contributed by atoms with van der Waals surface area (Å²) in [5, 5.41) is 13.8. The molecule has 2 N–H and O–H groups in total. The number of anilines is 1. The fourth-order valence-electron chi connectivity index (χ4n) is 6.60. The highest BCUT2D eigenvalue weighted by Gasteiger charge is 2.35. The maximum absolute atomic E-state index is 13.0. The maximum atomic E-state index is 13.0. The normalized spacial score (nSPS) is 21.0. The molecule has 1 amide bonds. The number of aliphatic imine (C=N–C) groups is 1. The SMILES string of the molecule is CCOc1cc(/C=C2\SC(=Nc3cc4c5c(c3)[C@H](c3ccccc3)CCN5CC[C@H]4c3ccccc3)NC2=O)cc(Br)c1O. The van der Waals surface area contributed by atoms with E-state index in [9.17, 15) is 9.90 Å². The first kappa shape index (κ1) is 28.7. The van der Waals surface area contributed by atoms with Crippen LogP contribution in [0.2, 0.25) is 0 Å². The van der Waals surface area contributed by atoms with Crippen LogP contribution < -0.4 is 15.0 Å². The van der Waals surface area contributed by atoms with Gasteiger partial charge in [0.25, 0.3) is 5.91 Å². The Hall–Kier alpha value is -4.01. The number of ether oxygens (including phenoxy) is 1. The number of hydrogen-bond donors (Lipinski definition) is 2. The second-order valence-electron chi connectivity index (χ2n) is 11.2. The van der Waals surface area contributed by atoms with Crippen LogP contribution >= 0.6 is 27.7 Å². The van der Waals surface area contributed by atoms with Gasteiger partial charge in [0.2, 0.25) is 0 Å². The summed E-state index contributed by atoms with van der Waals surface area (Å²) in [6, 6.07) is 29.5. The van der Waals surface area contributed by atoms with Crippen molar-refractivity contribution in [3.8, 4) is 11.5 Å². The lowest BCUT2D eigenvalue weighted by atomic mass is 9.76. The quantitative estimate of drug-likeness (QED) is 0.203. The smallest absolute Gasteiger partial charge is 0.264 e. The van der Waals surface area contributed by atoms with E-state index in [1.54, 1.807) is 18.2 Å². The van der Waals surface area contributed by atoms with Crippen molar-refractivity contribution in [3.63, 3.8) is 0 Å². The number of nitrogens with one attached hydrogen (secondary N) is 1. The van der Waals surface area contributed by atoms with Crippen LogP contribution in [0.25, 0.3) is 6.08 Å². The number of carbonyl (C=O) groups excluding carboxylic acids is 1. The van der Waals surface area contributed by atoms with Gasteiger partial charge in [-0.3, -0.25) is 4.79 Å². The number of nitrogens with zero attached hydrogens (tertiary/aromatic N) is 2. The third-order valence-corrected chi connectivity index (χ3v) is 10.0. The van der Waals surface area contributed by atoms with Crippen LogP contribution in [0, 0.1) is 0 Å². The van der Waals surface area contributed by atoms with Gasteiger partial charge in [-0.1, -0.05) is 60.7 Å². The van der Waals surface area contributed by atoms with Crippen LogP contribution in [0.1, 0.15) is 59.4 Å². The molecule has 3 aliphatic heterocycles. The Kier molecular flexibility index (Phi) is 7.95. The van der Waals surface area contributed by atoms with Crippen LogP contribution in [0.15, 0.2) is 99.3 Å².